The first-order valence-corrected chi connectivity index (χ1v) is 4.85. The van der Waals surface area contributed by atoms with Crippen molar-refractivity contribution in [3.8, 4) is 0 Å². The number of thioether (sulfide) groups is 1. The van der Waals surface area contributed by atoms with Crippen molar-refractivity contribution in [2.24, 2.45) is 0 Å². The molecular weight excluding hydrogens is 130 g/mol. The Morgan fingerprint density at radius 3 is 2.67 bits per heavy atom. The number of hydrogen-bond acceptors (Lipinski definition) is 2. The van der Waals surface area contributed by atoms with E-state index in [4.69, 9.17) is 0 Å². The zero-order valence-electron chi connectivity index (χ0n) is 6.44. The first-order chi connectivity index (χ1) is 4.41. The first kappa shape index (κ1) is 9.31. The van der Waals surface area contributed by atoms with Crippen LogP contribution in [0.1, 0.15) is 20.3 Å². The Morgan fingerprint density at radius 2 is 2.11 bits per heavy atom. The van der Waals surface area contributed by atoms with Crippen molar-refractivity contribution in [2.45, 2.75) is 20.3 Å². The minimum absolute atomic E-state index is 1.11. The summed E-state index contributed by atoms with van der Waals surface area (Å²) in [6.07, 6.45) is 1.31. The highest BCUT2D eigenvalue weighted by molar-refractivity contribution is 7.99. The van der Waals surface area contributed by atoms with E-state index >= 15 is 0 Å². The number of nitrogens with one attached hydrogen (secondary N) is 1. The molecule has 0 amide bonds. The van der Waals surface area contributed by atoms with Gasteiger partial charge >= 0.3 is 0 Å². The molecule has 9 heavy (non-hydrogen) atoms. The largest absolute Gasteiger partial charge is 0.317 e. The molecule has 0 aromatic heterocycles. The van der Waals surface area contributed by atoms with Crippen LogP contribution in [-0.2, 0) is 0 Å². The van der Waals surface area contributed by atoms with E-state index < -0.39 is 0 Å². The Hall–Kier alpha value is 0.310. The summed E-state index contributed by atoms with van der Waals surface area (Å²) >= 11 is 2.02. The third-order valence-electron chi connectivity index (χ3n) is 1.10. The SMILES string of the molecule is CCNCCCSCC. The Bertz CT molecular complexity index is 42.2. The van der Waals surface area contributed by atoms with Gasteiger partial charge in [0.05, 0.1) is 0 Å². The summed E-state index contributed by atoms with van der Waals surface area (Å²) in [4.78, 5) is 0. The summed E-state index contributed by atoms with van der Waals surface area (Å²) in [6, 6.07) is 0. The highest BCUT2D eigenvalue weighted by atomic mass is 32.2. The molecule has 0 rings (SSSR count). The highest BCUT2D eigenvalue weighted by Crippen LogP contribution is 1.98. The standard InChI is InChI=1S/C7H17NS/c1-3-8-6-5-7-9-4-2/h8H,3-7H2,1-2H3. The molecule has 0 aromatic rings. The molecule has 0 atom stereocenters. The van der Waals surface area contributed by atoms with Crippen molar-refractivity contribution >= 4 is 11.8 Å². The van der Waals surface area contributed by atoms with Gasteiger partial charge in [-0.25, -0.2) is 0 Å². The molecule has 0 radical (unpaired) electrons. The van der Waals surface area contributed by atoms with Crippen LogP contribution >= 0.6 is 11.8 Å². The van der Waals surface area contributed by atoms with Crippen LogP contribution in [0.15, 0.2) is 0 Å². The zero-order chi connectivity index (χ0) is 6.95. The van der Waals surface area contributed by atoms with Gasteiger partial charge in [-0.3, -0.25) is 0 Å². The average Bonchev–Trinajstić information content (AvgIpc) is 1.89. The lowest BCUT2D eigenvalue weighted by Gasteiger charge is -1.98. The molecule has 0 saturated heterocycles. The zero-order valence-corrected chi connectivity index (χ0v) is 7.26. The summed E-state index contributed by atoms with van der Waals surface area (Å²) in [5.74, 6) is 2.57. The fourth-order valence-electron chi connectivity index (χ4n) is 0.620. The predicted molar refractivity (Wildman–Crippen MR) is 46.2 cm³/mol. The van der Waals surface area contributed by atoms with Crippen LogP contribution in [0.3, 0.4) is 0 Å². The highest BCUT2D eigenvalue weighted by Gasteiger charge is 1.84. The molecule has 1 nitrogen and oxygen atoms in total. The van der Waals surface area contributed by atoms with Gasteiger partial charge in [0.1, 0.15) is 0 Å². The summed E-state index contributed by atoms with van der Waals surface area (Å²) < 4.78 is 0. The van der Waals surface area contributed by atoms with E-state index in [1.54, 1.807) is 0 Å². The van der Waals surface area contributed by atoms with Crippen molar-refractivity contribution in [1.82, 2.24) is 5.32 Å². The number of rotatable bonds is 6. The van der Waals surface area contributed by atoms with Crippen molar-refractivity contribution in [3.05, 3.63) is 0 Å². The molecule has 0 aliphatic heterocycles. The molecule has 56 valence electrons. The third-order valence-corrected chi connectivity index (χ3v) is 2.08. The Labute approximate surface area is 62.6 Å². The maximum absolute atomic E-state index is 3.29. The smallest absolute Gasteiger partial charge is 0.00412 e. The normalized spacial score (nSPS) is 10.0. The fraction of sp³-hybridized carbons (Fsp3) is 1.00. The van der Waals surface area contributed by atoms with E-state index in [-0.39, 0.29) is 0 Å². The molecule has 0 unspecified atom stereocenters. The van der Waals surface area contributed by atoms with E-state index in [1.807, 2.05) is 11.8 Å². The fourth-order valence-corrected chi connectivity index (χ4v) is 1.26. The molecule has 0 aliphatic rings. The molecule has 0 fully saturated rings. The van der Waals surface area contributed by atoms with Crippen LogP contribution in [0.4, 0.5) is 0 Å². The summed E-state index contributed by atoms with van der Waals surface area (Å²) in [7, 11) is 0. The molecule has 0 heterocycles. The Balaban J connectivity index is 2.60. The molecule has 0 aliphatic carbocycles. The molecule has 0 bridgehead atoms. The van der Waals surface area contributed by atoms with Gasteiger partial charge in [0.2, 0.25) is 0 Å². The van der Waals surface area contributed by atoms with Gasteiger partial charge in [0, 0.05) is 0 Å². The van der Waals surface area contributed by atoms with Gasteiger partial charge in [-0.2, -0.15) is 11.8 Å². The van der Waals surface area contributed by atoms with Crippen LogP contribution in [0, 0.1) is 0 Å². The van der Waals surface area contributed by atoms with Crippen LogP contribution in [0.25, 0.3) is 0 Å². The lowest BCUT2D eigenvalue weighted by molar-refractivity contribution is 0.707. The lowest BCUT2D eigenvalue weighted by atomic mass is 10.5. The minimum Gasteiger partial charge on any atom is -0.317 e. The second kappa shape index (κ2) is 8.31. The van der Waals surface area contributed by atoms with Crippen molar-refractivity contribution < 1.29 is 0 Å². The molecule has 0 saturated carbocycles. The predicted octanol–water partition coefficient (Wildman–Crippen LogP) is 1.74. The van der Waals surface area contributed by atoms with Gasteiger partial charge in [0.25, 0.3) is 0 Å². The second-order valence-corrected chi connectivity index (χ2v) is 3.30. The monoisotopic (exact) mass is 147 g/mol. The summed E-state index contributed by atoms with van der Waals surface area (Å²) in [6.45, 7) is 6.64. The van der Waals surface area contributed by atoms with Crippen molar-refractivity contribution in [2.75, 3.05) is 24.6 Å². The molecule has 0 spiro atoms. The van der Waals surface area contributed by atoms with Gasteiger partial charge in [0.15, 0.2) is 0 Å². The van der Waals surface area contributed by atoms with Gasteiger partial charge in [-0.1, -0.05) is 13.8 Å². The van der Waals surface area contributed by atoms with Crippen LogP contribution < -0.4 is 5.32 Å². The number of hydrogen-bond donors (Lipinski definition) is 1. The maximum atomic E-state index is 3.29. The minimum atomic E-state index is 1.11. The summed E-state index contributed by atoms with van der Waals surface area (Å²) in [5.41, 5.74) is 0. The Kier molecular flexibility index (Phi) is 8.60. The topological polar surface area (TPSA) is 12.0 Å². The molecule has 0 aromatic carbocycles. The van der Waals surface area contributed by atoms with E-state index in [1.165, 1.54) is 24.5 Å². The van der Waals surface area contributed by atoms with Crippen LogP contribution in [-0.4, -0.2) is 24.6 Å². The van der Waals surface area contributed by atoms with Crippen molar-refractivity contribution in [3.63, 3.8) is 0 Å². The van der Waals surface area contributed by atoms with Gasteiger partial charge in [-0.15, -0.1) is 0 Å². The second-order valence-electron chi connectivity index (χ2n) is 1.90. The quantitative estimate of drug-likeness (QED) is 0.574. The molecule has 1 N–H and O–H groups in total. The van der Waals surface area contributed by atoms with E-state index in [2.05, 4.69) is 19.2 Å². The third kappa shape index (κ3) is 8.31. The molecular formula is C7H17NS. The Morgan fingerprint density at radius 1 is 1.33 bits per heavy atom. The van der Waals surface area contributed by atoms with Gasteiger partial charge in [-0.05, 0) is 31.0 Å². The van der Waals surface area contributed by atoms with Crippen molar-refractivity contribution in [1.29, 1.82) is 0 Å². The maximum Gasteiger partial charge on any atom is -0.00412 e. The van der Waals surface area contributed by atoms with E-state index in [0.29, 0.717) is 0 Å². The summed E-state index contributed by atoms with van der Waals surface area (Å²) in [5, 5.41) is 3.29. The lowest BCUT2D eigenvalue weighted by Crippen LogP contribution is -2.14. The first-order valence-electron chi connectivity index (χ1n) is 3.70. The van der Waals surface area contributed by atoms with E-state index in [9.17, 15) is 0 Å². The van der Waals surface area contributed by atoms with E-state index in [0.717, 1.165) is 6.54 Å². The van der Waals surface area contributed by atoms with Crippen LogP contribution in [0.5, 0.6) is 0 Å². The van der Waals surface area contributed by atoms with Gasteiger partial charge < -0.3 is 5.32 Å². The van der Waals surface area contributed by atoms with Crippen LogP contribution in [0.2, 0.25) is 0 Å². The average molecular weight is 147 g/mol. The molecule has 2 heteroatoms.